The average molecular weight is 412 g/mol. The maximum Gasteiger partial charge on any atom is 0.398 e. The van der Waals surface area contributed by atoms with E-state index in [1.54, 1.807) is 11.5 Å². The maximum atomic E-state index is 13.1. The lowest BCUT2D eigenvalue weighted by Crippen LogP contribution is -2.25. The average Bonchev–Trinajstić information content (AvgIpc) is 3.25. The van der Waals surface area contributed by atoms with Crippen molar-refractivity contribution in [2.45, 2.75) is 39.8 Å². The number of hydrogen-bond acceptors (Lipinski definition) is 7. The highest BCUT2D eigenvalue weighted by molar-refractivity contribution is 7.21. The molecule has 0 saturated heterocycles. The van der Waals surface area contributed by atoms with Crippen LogP contribution in [0.15, 0.2) is 29.1 Å². The first kappa shape index (κ1) is 19.1. The van der Waals surface area contributed by atoms with Crippen molar-refractivity contribution in [3.63, 3.8) is 0 Å². The van der Waals surface area contributed by atoms with Crippen LogP contribution >= 0.6 is 11.3 Å². The molecule has 0 amide bonds. The summed E-state index contributed by atoms with van der Waals surface area (Å²) in [6, 6.07) is 7.59. The first-order valence-corrected chi connectivity index (χ1v) is 10.2. The molecule has 2 N–H and O–H groups in total. The maximum absolute atomic E-state index is 13.1. The number of benzene rings is 1. The third-order valence-electron chi connectivity index (χ3n) is 4.90. The number of nitrogens with zero attached hydrogens (tertiary/aromatic N) is 5. The van der Waals surface area contributed by atoms with Gasteiger partial charge in [0.15, 0.2) is 0 Å². The predicted octanol–water partition coefficient (Wildman–Crippen LogP) is 3.79. The van der Waals surface area contributed by atoms with Gasteiger partial charge in [-0.3, -0.25) is 4.79 Å². The Labute approximate surface area is 169 Å². The number of hydrogen-bond donors (Lipinski definition) is 1. The molecule has 0 unspecified atom stereocenters. The van der Waals surface area contributed by atoms with E-state index in [0.29, 0.717) is 22.9 Å². The molecule has 0 aliphatic rings. The summed E-state index contributed by atoms with van der Waals surface area (Å²) >= 11 is 1.39. The topological polar surface area (TPSA) is 122 Å². The molecule has 0 fully saturated rings. The Hall–Kier alpha value is -3.27. The predicted molar refractivity (Wildman–Crippen MR) is 114 cm³/mol. The number of nitrogen functional groups attached to an aromatic ring is 1. The highest BCUT2D eigenvalue weighted by Gasteiger charge is 2.31. The zero-order valence-corrected chi connectivity index (χ0v) is 16.9. The number of unbranched alkanes of at least 4 members (excludes halogenated alkanes) is 1. The molecule has 0 atom stereocenters. The van der Waals surface area contributed by atoms with Gasteiger partial charge in [0.2, 0.25) is 0 Å². The summed E-state index contributed by atoms with van der Waals surface area (Å²) < 4.78 is 3.74. The fourth-order valence-corrected chi connectivity index (χ4v) is 4.52. The quantitative estimate of drug-likeness (QED) is 0.380. The largest absolute Gasteiger partial charge is 0.398 e. The van der Waals surface area contributed by atoms with Crippen LogP contribution in [0.3, 0.4) is 0 Å². The lowest BCUT2D eigenvalue weighted by atomic mass is 10.2. The zero-order chi connectivity index (χ0) is 20.7. The minimum atomic E-state index is -0.561. The molecule has 0 aliphatic carbocycles. The van der Waals surface area contributed by atoms with Gasteiger partial charge in [0.1, 0.15) is 21.7 Å². The number of anilines is 1. The van der Waals surface area contributed by atoms with Crippen molar-refractivity contribution in [3.8, 4) is 10.6 Å². The molecule has 10 heteroatoms. The summed E-state index contributed by atoms with van der Waals surface area (Å²) in [6.07, 6.45) is 1.68. The molecule has 1 aromatic carbocycles. The highest BCUT2D eigenvalue weighted by atomic mass is 32.1. The van der Waals surface area contributed by atoms with Crippen molar-refractivity contribution in [1.82, 2.24) is 19.3 Å². The Bertz CT molecular complexity index is 1270. The number of para-hydroxylation sites is 1. The van der Waals surface area contributed by atoms with Gasteiger partial charge < -0.3 is 20.4 Å². The second kappa shape index (κ2) is 7.28. The van der Waals surface area contributed by atoms with Crippen molar-refractivity contribution >= 4 is 44.1 Å². The first-order valence-electron chi connectivity index (χ1n) is 9.41. The van der Waals surface area contributed by atoms with E-state index < -0.39 is 4.92 Å². The van der Waals surface area contributed by atoms with Crippen LogP contribution in [0.25, 0.3) is 31.7 Å². The van der Waals surface area contributed by atoms with Crippen LogP contribution in [0, 0.1) is 10.1 Å². The molecule has 4 aromatic rings. The number of nitrogens with two attached hydrogens (primary N) is 1. The fourth-order valence-electron chi connectivity index (χ4n) is 3.50. The molecule has 0 aliphatic heterocycles. The van der Waals surface area contributed by atoms with Crippen LogP contribution in [-0.2, 0) is 13.1 Å². The normalized spacial score (nSPS) is 11.5. The first-order chi connectivity index (χ1) is 14.0. The third kappa shape index (κ3) is 2.96. The Morgan fingerprint density at radius 2 is 2.03 bits per heavy atom. The van der Waals surface area contributed by atoms with Crippen LogP contribution in [0.5, 0.6) is 0 Å². The number of aryl methyl sites for hydroxylation is 2. The van der Waals surface area contributed by atoms with E-state index in [1.807, 2.05) is 31.2 Å². The molecule has 0 bridgehead atoms. The minimum Gasteiger partial charge on any atom is -0.384 e. The van der Waals surface area contributed by atoms with Gasteiger partial charge in [0.05, 0.1) is 27.4 Å². The van der Waals surface area contributed by atoms with Crippen LogP contribution < -0.4 is 11.3 Å². The lowest BCUT2D eigenvalue weighted by Gasteiger charge is -2.06. The summed E-state index contributed by atoms with van der Waals surface area (Å²) in [7, 11) is 0. The van der Waals surface area contributed by atoms with E-state index in [1.165, 1.54) is 11.3 Å². The SMILES string of the molecule is CCCCn1c(N)c(-c2nc3ccccc3s2)c2c([N+](=O)[O-])nn(CC)c(=O)c21. The van der Waals surface area contributed by atoms with E-state index in [0.717, 1.165) is 27.7 Å². The Kier molecular flexibility index (Phi) is 4.79. The second-order valence-electron chi connectivity index (χ2n) is 6.68. The molecule has 9 nitrogen and oxygen atoms in total. The minimum absolute atomic E-state index is 0.164. The number of nitro groups is 1. The van der Waals surface area contributed by atoms with Crippen molar-refractivity contribution in [2.24, 2.45) is 0 Å². The summed E-state index contributed by atoms with van der Waals surface area (Å²) in [5.41, 5.74) is 7.49. The van der Waals surface area contributed by atoms with Gasteiger partial charge in [-0.05, 0) is 30.4 Å². The van der Waals surface area contributed by atoms with E-state index in [9.17, 15) is 14.9 Å². The molecule has 150 valence electrons. The highest BCUT2D eigenvalue weighted by Crippen LogP contribution is 2.42. The molecule has 3 heterocycles. The van der Waals surface area contributed by atoms with Gasteiger partial charge >= 0.3 is 11.4 Å². The Balaban J connectivity index is 2.16. The summed E-state index contributed by atoms with van der Waals surface area (Å²) in [5, 5.41) is 16.6. The van der Waals surface area contributed by atoms with Crippen LogP contribution in [0.4, 0.5) is 11.6 Å². The molecule has 0 radical (unpaired) electrons. The smallest absolute Gasteiger partial charge is 0.384 e. The van der Waals surface area contributed by atoms with Crippen molar-refractivity contribution in [3.05, 3.63) is 44.7 Å². The number of fused-ring (bicyclic) bond motifs is 2. The van der Waals surface area contributed by atoms with Gasteiger partial charge in [-0.1, -0.05) is 25.5 Å². The van der Waals surface area contributed by atoms with Crippen molar-refractivity contribution in [1.29, 1.82) is 0 Å². The zero-order valence-electron chi connectivity index (χ0n) is 16.1. The van der Waals surface area contributed by atoms with Crippen LogP contribution in [-0.4, -0.2) is 24.3 Å². The molecule has 29 heavy (non-hydrogen) atoms. The summed E-state index contributed by atoms with van der Waals surface area (Å²) in [4.78, 5) is 29.0. The summed E-state index contributed by atoms with van der Waals surface area (Å²) in [5.74, 6) is -0.0685. The lowest BCUT2D eigenvalue weighted by molar-refractivity contribution is -0.388. The van der Waals surface area contributed by atoms with Crippen LogP contribution in [0.1, 0.15) is 26.7 Å². The van der Waals surface area contributed by atoms with Gasteiger partial charge in [-0.2, -0.15) is 0 Å². The van der Waals surface area contributed by atoms with Gasteiger partial charge in [-0.25, -0.2) is 4.98 Å². The van der Waals surface area contributed by atoms with E-state index >= 15 is 0 Å². The summed E-state index contributed by atoms with van der Waals surface area (Å²) in [6.45, 7) is 4.47. The molecular formula is C19H20N6O3S. The van der Waals surface area contributed by atoms with Gasteiger partial charge in [-0.15, -0.1) is 16.0 Å². The van der Waals surface area contributed by atoms with Crippen molar-refractivity contribution < 1.29 is 4.92 Å². The number of aromatic nitrogens is 4. The van der Waals surface area contributed by atoms with E-state index in [-0.39, 0.29) is 28.8 Å². The van der Waals surface area contributed by atoms with E-state index in [2.05, 4.69) is 10.1 Å². The van der Waals surface area contributed by atoms with Crippen LogP contribution in [0.2, 0.25) is 0 Å². The number of rotatable bonds is 6. The van der Waals surface area contributed by atoms with E-state index in [4.69, 9.17) is 5.73 Å². The molecule has 4 rings (SSSR count). The van der Waals surface area contributed by atoms with Gasteiger partial charge in [0, 0.05) is 6.54 Å². The number of thiazole rings is 1. The monoisotopic (exact) mass is 412 g/mol. The second-order valence-corrected chi connectivity index (χ2v) is 7.71. The van der Waals surface area contributed by atoms with Crippen molar-refractivity contribution in [2.75, 3.05) is 5.73 Å². The molecule has 0 spiro atoms. The standard InChI is InChI=1S/C19H20N6O3S/c1-3-5-10-23-15-13(17(25(27)28)22-24(4-2)19(15)26)14(16(23)20)18-21-11-8-6-7-9-12(11)29-18/h6-9H,3-5,10,20H2,1-2H3. The Morgan fingerprint density at radius 1 is 1.28 bits per heavy atom. The molecule has 3 aromatic heterocycles. The third-order valence-corrected chi connectivity index (χ3v) is 5.95. The molecule has 0 saturated carbocycles. The molecular weight excluding hydrogens is 392 g/mol. The Morgan fingerprint density at radius 3 is 2.69 bits per heavy atom. The fraction of sp³-hybridized carbons (Fsp3) is 0.316. The van der Waals surface area contributed by atoms with Gasteiger partial charge in [0.25, 0.3) is 0 Å².